The number of halogens is 1. The van der Waals surface area contributed by atoms with Crippen LogP contribution in [0.25, 0.3) is 0 Å². The first kappa shape index (κ1) is 8.92. The van der Waals surface area contributed by atoms with Crippen LogP contribution in [-0.2, 0) is 11.2 Å². The van der Waals surface area contributed by atoms with Crippen molar-refractivity contribution in [3.63, 3.8) is 0 Å². The summed E-state index contributed by atoms with van der Waals surface area (Å²) in [5.41, 5.74) is 0.849. The number of hydrogen-bond donors (Lipinski definition) is 1. The van der Waals surface area contributed by atoms with Gasteiger partial charge in [0.15, 0.2) is 0 Å². The number of nitrogens with one attached hydrogen (secondary N) is 1. The van der Waals surface area contributed by atoms with Crippen molar-refractivity contribution in [2.75, 3.05) is 0 Å². The zero-order chi connectivity index (χ0) is 8.27. The highest BCUT2D eigenvalue weighted by atomic mass is 127. The van der Waals surface area contributed by atoms with Crippen LogP contribution in [0, 0.1) is 6.92 Å². The summed E-state index contributed by atoms with van der Waals surface area (Å²) in [4.78, 5) is 15.0. The second-order valence-corrected chi connectivity index (χ2v) is 3.65. The first-order valence-electron chi connectivity index (χ1n) is 3.03. The van der Waals surface area contributed by atoms with Gasteiger partial charge in [-0.15, -0.1) is 11.3 Å². The van der Waals surface area contributed by atoms with Crippen LogP contribution in [0.4, 0.5) is 0 Å². The van der Waals surface area contributed by atoms with Gasteiger partial charge in [0.2, 0.25) is 5.91 Å². The largest absolute Gasteiger partial charge is 0.298 e. The third-order valence-electron chi connectivity index (χ3n) is 1.11. The smallest absolute Gasteiger partial charge is 0.234 e. The minimum atomic E-state index is -0.00380. The van der Waals surface area contributed by atoms with Crippen molar-refractivity contribution < 1.29 is 4.79 Å². The van der Waals surface area contributed by atoms with Crippen LogP contribution in [0.2, 0.25) is 0 Å². The average molecular weight is 282 g/mol. The highest BCUT2D eigenvalue weighted by molar-refractivity contribution is 14.1. The molecule has 0 aliphatic heterocycles. The fraction of sp³-hybridized carbons (Fsp3) is 0.333. The lowest BCUT2D eigenvalue weighted by molar-refractivity contribution is -0.118. The SMILES string of the molecule is Cc1nc(CC(=O)NI)cs1. The molecule has 1 aromatic heterocycles. The minimum Gasteiger partial charge on any atom is -0.298 e. The highest BCUT2D eigenvalue weighted by Gasteiger charge is 2.03. The molecule has 0 aliphatic carbocycles. The standard InChI is InChI=1S/C6H7IN2OS/c1-4-8-5(3-11-4)2-6(10)9-7/h3H,2H2,1H3,(H,9,10). The first-order valence-corrected chi connectivity index (χ1v) is 4.98. The molecule has 0 atom stereocenters. The monoisotopic (exact) mass is 282 g/mol. The van der Waals surface area contributed by atoms with Crippen LogP contribution in [-0.4, -0.2) is 10.9 Å². The van der Waals surface area contributed by atoms with Gasteiger partial charge in [0.25, 0.3) is 0 Å². The summed E-state index contributed by atoms with van der Waals surface area (Å²) in [6.45, 7) is 1.93. The molecule has 0 saturated carbocycles. The van der Waals surface area contributed by atoms with Crippen LogP contribution in [0.15, 0.2) is 5.38 Å². The summed E-state index contributed by atoms with van der Waals surface area (Å²) in [5, 5.41) is 2.91. The van der Waals surface area contributed by atoms with Crippen molar-refractivity contribution in [3.8, 4) is 0 Å². The molecule has 0 unspecified atom stereocenters. The zero-order valence-electron chi connectivity index (χ0n) is 5.93. The number of thiazole rings is 1. The second-order valence-electron chi connectivity index (χ2n) is 2.05. The molecule has 1 N–H and O–H groups in total. The molecule has 1 aromatic rings. The summed E-state index contributed by atoms with van der Waals surface area (Å²) >= 11 is 3.39. The minimum absolute atomic E-state index is 0.00380. The van der Waals surface area contributed by atoms with Crippen molar-refractivity contribution in [2.24, 2.45) is 0 Å². The summed E-state index contributed by atoms with van der Waals surface area (Å²) in [7, 11) is 0. The van der Waals surface area contributed by atoms with Crippen LogP contribution in [0.1, 0.15) is 10.7 Å². The molecule has 0 spiro atoms. The van der Waals surface area contributed by atoms with Gasteiger partial charge < -0.3 is 0 Å². The van der Waals surface area contributed by atoms with Crippen molar-refractivity contribution >= 4 is 40.1 Å². The number of amides is 1. The molecule has 1 heterocycles. The van der Waals surface area contributed by atoms with E-state index in [1.807, 2.05) is 35.2 Å². The average Bonchev–Trinajstić information content (AvgIpc) is 2.35. The number of nitrogens with zero attached hydrogens (tertiary/aromatic N) is 1. The molecule has 1 amide bonds. The maximum absolute atomic E-state index is 10.8. The molecule has 60 valence electrons. The van der Waals surface area contributed by atoms with E-state index in [9.17, 15) is 4.79 Å². The van der Waals surface area contributed by atoms with Gasteiger partial charge in [-0.3, -0.25) is 8.32 Å². The van der Waals surface area contributed by atoms with E-state index >= 15 is 0 Å². The summed E-state index contributed by atoms with van der Waals surface area (Å²) in [6.07, 6.45) is 0.382. The Kier molecular flexibility index (Phi) is 3.25. The van der Waals surface area contributed by atoms with Crippen LogP contribution >= 0.6 is 34.2 Å². The summed E-state index contributed by atoms with van der Waals surface area (Å²) in [6, 6.07) is 0. The lowest BCUT2D eigenvalue weighted by Gasteiger charge is -1.91. The number of aryl methyl sites for hydroxylation is 1. The van der Waals surface area contributed by atoms with Gasteiger partial charge in [-0.05, 0) is 6.92 Å². The number of aromatic nitrogens is 1. The molecule has 0 bridgehead atoms. The van der Waals surface area contributed by atoms with E-state index in [0.29, 0.717) is 6.42 Å². The summed E-state index contributed by atoms with van der Waals surface area (Å²) in [5.74, 6) is -0.00380. The maximum atomic E-state index is 10.8. The Bertz CT molecular complexity index is 261. The van der Waals surface area contributed by atoms with Gasteiger partial charge in [-0.1, -0.05) is 0 Å². The van der Waals surface area contributed by atoms with Gasteiger partial charge in [0.1, 0.15) is 0 Å². The quantitative estimate of drug-likeness (QED) is 0.659. The predicted octanol–water partition coefficient (Wildman–Crippen LogP) is 1.46. The number of carbonyl (C=O) groups excluding carboxylic acids is 1. The van der Waals surface area contributed by atoms with E-state index in [0.717, 1.165) is 10.7 Å². The molecular formula is C6H7IN2OS. The van der Waals surface area contributed by atoms with Gasteiger partial charge >= 0.3 is 0 Å². The number of hydrogen-bond acceptors (Lipinski definition) is 3. The third-order valence-corrected chi connectivity index (χ3v) is 2.54. The van der Waals surface area contributed by atoms with Crippen LogP contribution < -0.4 is 3.53 Å². The molecule has 5 heteroatoms. The fourth-order valence-corrected chi connectivity index (χ4v) is 1.49. The molecule has 0 radical (unpaired) electrons. The summed E-state index contributed by atoms with van der Waals surface area (Å²) < 4.78 is 2.52. The van der Waals surface area contributed by atoms with E-state index in [1.54, 1.807) is 11.3 Å². The van der Waals surface area contributed by atoms with E-state index in [-0.39, 0.29) is 5.91 Å². The lowest BCUT2D eigenvalue weighted by atomic mass is 10.3. The van der Waals surface area contributed by atoms with Crippen molar-refractivity contribution in [3.05, 3.63) is 16.1 Å². The Morgan fingerprint density at radius 3 is 3.09 bits per heavy atom. The molecule has 3 nitrogen and oxygen atoms in total. The van der Waals surface area contributed by atoms with Gasteiger partial charge in [0, 0.05) is 5.38 Å². The van der Waals surface area contributed by atoms with Crippen molar-refractivity contribution in [1.82, 2.24) is 8.51 Å². The van der Waals surface area contributed by atoms with E-state index in [1.165, 1.54) is 0 Å². The molecular weight excluding hydrogens is 275 g/mol. The van der Waals surface area contributed by atoms with Crippen LogP contribution in [0.5, 0.6) is 0 Å². The molecule has 0 aromatic carbocycles. The van der Waals surface area contributed by atoms with Crippen LogP contribution in [0.3, 0.4) is 0 Å². The predicted molar refractivity (Wildman–Crippen MR) is 52.7 cm³/mol. The Morgan fingerprint density at radius 2 is 2.64 bits per heavy atom. The first-order chi connectivity index (χ1) is 5.22. The number of carbonyl (C=O) groups is 1. The maximum Gasteiger partial charge on any atom is 0.234 e. The topological polar surface area (TPSA) is 42.0 Å². The Labute approximate surface area is 82.7 Å². The Hall–Kier alpha value is -0.170. The molecule has 11 heavy (non-hydrogen) atoms. The van der Waals surface area contributed by atoms with E-state index in [4.69, 9.17) is 0 Å². The lowest BCUT2D eigenvalue weighted by Crippen LogP contribution is -2.14. The molecule has 0 fully saturated rings. The highest BCUT2D eigenvalue weighted by Crippen LogP contribution is 2.08. The van der Waals surface area contributed by atoms with Crippen molar-refractivity contribution in [1.29, 1.82) is 0 Å². The molecule has 0 saturated heterocycles. The van der Waals surface area contributed by atoms with E-state index in [2.05, 4.69) is 8.51 Å². The van der Waals surface area contributed by atoms with Gasteiger partial charge in [-0.2, -0.15) is 0 Å². The zero-order valence-corrected chi connectivity index (χ0v) is 8.90. The fourth-order valence-electron chi connectivity index (χ4n) is 0.687. The Balaban J connectivity index is 2.57. The van der Waals surface area contributed by atoms with Gasteiger partial charge in [-0.25, -0.2) is 4.98 Å². The van der Waals surface area contributed by atoms with E-state index < -0.39 is 0 Å². The molecule has 1 rings (SSSR count). The normalized spacial score (nSPS) is 9.64. The number of rotatable bonds is 2. The second kappa shape index (κ2) is 4.01. The Morgan fingerprint density at radius 1 is 1.91 bits per heavy atom. The molecule has 0 aliphatic rings. The van der Waals surface area contributed by atoms with Crippen molar-refractivity contribution in [2.45, 2.75) is 13.3 Å². The third kappa shape index (κ3) is 2.74. The van der Waals surface area contributed by atoms with Gasteiger partial charge in [0.05, 0.1) is 40.0 Å².